The number of allylic oxidation sites excluding steroid dienone is 1. The van der Waals surface area contributed by atoms with E-state index in [2.05, 4.69) is 399 Å². The van der Waals surface area contributed by atoms with Crippen molar-refractivity contribution in [1.82, 2.24) is 0 Å². The van der Waals surface area contributed by atoms with Gasteiger partial charge in [0.25, 0.3) is 0 Å². The van der Waals surface area contributed by atoms with Crippen molar-refractivity contribution in [2.45, 2.75) is 48.5 Å². The molecule has 0 fully saturated rings. The number of aryl methyl sites for hydroxylation is 6. The van der Waals surface area contributed by atoms with Crippen LogP contribution in [0.3, 0.4) is 0 Å². The number of hydrogen-bond donors (Lipinski definition) is 0. The molecule has 19 rings (SSSR count). The van der Waals surface area contributed by atoms with Crippen molar-refractivity contribution in [2.75, 3.05) is 0 Å². The summed E-state index contributed by atoms with van der Waals surface area (Å²) < 4.78 is 0. The van der Waals surface area contributed by atoms with E-state index in [9.17, 15) is 0 Å². The van der Waals surface area contributed by atoms with Gasteiger partial charge >= 0.3 is 0 Å². The molecule has 0 nitrogen and oxygen atoms in total. The minimum Gasteiger partial charge on any atom is -0.0871 e. The topological polar surface area (TPSA) is 0 Å². The van der Waals surface area contributed by atoms with Gasteiger partial charge in [-0.3, -0.25) is 0 Å². The van der Waals surface area contributed by atoms with Crippen molar-refractivity contribution in [2.24, 2.45) is 0 Å². The van der Waals surface area contributed by atoms with Crippen LogP contribution in [0.4, 0.5) is 0 Å². The summed E-state index contributed by atoms with van der Waals surface area (Å²) in [6.07, 6.45) is 4.12. The Kier molecular flexibility index (Phi) is 21.3. The first-order chi connectivity index (χ1) is 49.5. The maximum absolute atomic E-state index is 2.28. The Morgan fingerprint density at radius 1 is 0.188 bits per heavy atom. The highest BCUT2D eigenvalue weighted by molar-refractivity contribution is 6.18. The van der Waals surface area contributed by atoms with E-state index in [1.165, 1.54) is 169 Å². The molecule has 0 saturated carbocycles. The van der Waals surface area contributed by atoms with Crippen LogP contribution in [0.5, 0.6) is 0 Å². The summed E-state index contributed by atoms with van der Waals surface area (Å²) in [5.74, 6) is 0. The maximum atomic E-state index is 2.28. The van der Waals surface area contributed by atoms with Gasteiger partial charge in [-0.15, -0.1) is 0 Å². The molecule has 0 N–H and O–H groups in total. The van der Waals surface area contributed by atoms with Gasteiger partial charge in [0.05, 0.1) is 0 Å². The lowest BCUT2D eigenvalue weighted by Gasteiger charge is -2.16. The smallest absolute Gasteiger partial charge is 0.00204 e. The van der Waals surface area contributed by atoms with E-state index >= 15 is 0 Å². The van der Waals surface area contributed by atoms with E-state index in [0.717, 1.165) is 0 Å². The van der Waals surface area contributed by atoms with Crippen LogP contribution in [0.1, 0.15) is 45.9 Å². The molecule has 101 heavy (non-hydrogen) atoms. The lowest BCUT2D eigenvalue weighted by Crippen LogP contribution is -1.90. The molecule has 0 aliphatic heterocycles. The Hall–Kier alpha value is -12.2. The van der Waals surface area contributed by atoms with Gasteiger partial charge in [0, 0.05) is 0 Å². The van der Waals surface area contributed by atoms with Crippen LogP contribution in [0, 0.1) is 41.5 Å². The van der Waals surface area contributed by atoms with Gasteiger partial charge < -0.3 is 0 Å². The second kappa shape index (κ2) is 32.0. The number of rotatable bonds is 2. The normalized spacial score (nSPS) is 10.9. The van der Waals surface area contributed by atoms with Crippen LogP contribution in [-0.2, 0) is 0 Å². The lowest BCUT2D eigenvalue weighted by molar-refractivity contribution is 1.51. The first kappa shape index (κ1) is 67.4. The van der Waals surface area contributed by atoms with Crippen molar-refractivity contribution >= 4 is 125 Å². The monoisotopic (exact) mass is 1300 g/mol. The summed E-state index contributed by atoms with van der Waals surface area (Å²) in [6.45, 7) is 15.0. The van der Waals surface area contributed by atoms with Crippen molar-refractivity contribution in [3.63, 3.8) is 0 Å². The standard InChI is InChI=1S/C25H18.3C15H12.2C11H10.C9H10/c1-17-19-11-4-6-14-22(19)25(23-15-7-5-12-20(17)23)24-16-8-10-18-9-2-3-13-21(18)24;1-11-14-8-4-2-6-12(14)10-13-7-3-5-9-15(11)13;1-11-5-4-8-14-9-12-6-2-3-7-13(12)10-15(11)14;1-11-6-7-14-9-12-4-2-3-5-13(12)10-15(14)8-11;1-9-5-4-7-10-6-2-3-8-11(9)10;1-9-6-7-10-4-2-3-5-11(10)8-9;1-2-6-9-7-4-3-5-8-9/h2-16H,1H3;3*2-10H,1H3;2*2-8H,1H3;2-8H,1H3/b;;;;;;6-2-. The quantitative estimate of drug-likeness (QED) is 0.151. The highest BCUT2D eigenvalue weighted by Crippen LogP contribution is 2.42. The molecule has 0 radical (unpaired) electrons. The lowest BCUT2D eigenvalue weighted by atomic mass is 9.87. The molecule has 0 unspecified atom stereocenters. The van der Waals surface area contributed by atoms with Crippen LogP contribution < -0.4 is 0 Å². The molecule has 19 aromatic rings. The molecule has 0 amide bonds. The Morgan fingerprint density at radius 2 is 0.505 bits per heavy atom. The van der Waals surface area contributed by atoms with Crippen molar-refractivity contribution < 1.29 is 0 Å². The molecular weight excluding hydrogens is 1210 g/mol. The fourth-order valence-corrected chi connectivity index (χ4v) is 14.0. The molecule has 0 heterocycles. The second-order valence-corrected chi connectivity index (χ2v) is 26.2. The van der Waals surface area contributed by atoms with Gasteiger partial charge in [-0.05, 0) is 236 Å². The first-order valence-electron chi connectivity index (χ1n) is 35.2. The zero-order valence-electron chi connectivity index (χ0n) is 58.9. The molecule has 0 aromatic heterocycles. The van der Waals surface area contributed by atoms with Crippen LogP contribution >= 0.6 is 0 Å². The number of fused-ring (bicyclic) bond motifs is 11. The predicted octanol–water partition coefficient (Wildman–Crippen LogP) is 29.0. The average Bonchev–Trinajstić information content (AvgIpc) is 0.741. The summed E-state index contributed by atoms with van der Waals surface area (Å²) in [5.41, 5.74) is 12.0. The van der Waals surface area contributed by atoms with Crippen molar-refractivity contribution in [1.29, 1.82) is 0 Å². The third-order valence-electron chi connectivity index (χ3n) is 19.2. The van der Waals surface area contributed by atoms with E-state index in [4.69, 9.17) is 0 Å². The molecule has 0 aliphatic carbocycles. The van der Waals surface area contributed by atoms with Crippen LogP contribution in [0.25, 0.3) is 136 Å². The van der Waals surface area contributed by atoms with E-state index in [-0.39, 0.29) is 0 Å². The van der Waals surface area contributed by atoms with Gasteiger partial charge in [-0.25, -0.2) is 0 Å². The molecule has 0 bridgehead atoms. The second-order valence-electron chi connectivity index (χ2n) is 26.2. The van der Waals surface area contributed by atoms with Gasteiger partial charge in [0.1, 0.15) is 0 Å². The fourth-order valence-electron chi connectivity index (χ4n) is 14.0. The molecule has 19 aromatic carbocycles. The minimum atomic E-state index is 1.26. The summed E-state index contributed by atoms with van der Waals surface area (Å²) in [7, 11) is 0. The van der Waals surface area contributed by atoms with Gasteiger partial charge in [0.2, 0.25) is 0 Å². The molecule has 0 spiro atoms. The van der Waals surface area contributed by atoms with Crippen molar-refractivity contribution in [3.8, 4) is 11.1 Å². The summed E-state index contributed by atoms with van der Waals surface area (Å²) in [5, 5.41) is 29.2. The average molecular weight is 1300 g/mol. The van der Waals surface area contributed by atoms with Crippen LogP contribution in [-0.4, -0.2) is 0 Å². The van der Waals surface area contributed by atoms with E-state index in [1.807, 2.05) is 31.2 Å². The molecule has 0 atom stereocenters. The molecule has 0 heteroatoms. The Labute approximate surface area is 595 Å². The third-order valence-corrected chi connectivity index (χ3v) is 19.2. The molecule has 488 valence electrons. The zero-order valence-corrected chi connectivity index (χ0v) is 58.9. The Balaban J connectivity index is 0.000000108. The fraction of sp³-hybridized carbons (Fsp3) is 0.0693. The summed E-state index contributed by atoms with van der Waals surface area (Å²) in [6, 6.07) is 131. The predicted molar refractivity (Wildman–Crippen MR) is 446 cm³/mol. The van der Waals surface area contributed by atoms with Crippen LogP contribution in [0.2, 0.25) is 0 Å². The highest BCUT2D eigenvalue weighted by Gasteiger charge is 2.15. The van der Waals surface area contributed by atoms with E-state index < -0.39 is 0 Å². The van der Waals surface area contributed by atoms with Crippen molar-refractivity contribution in [3.05, 3.63) is 415 Å². The largest absolute Gasteiger partial charge is 0.0871 e. The first-order valence-corrected chi connectivity index (χ1v) is 35.2. The minimum absolute atomic E-state index is 1.26. The van der Waals surface area contributed by atoms with E-state index in [0.29, 0.717) is 0 Å². The Morgan fingerprint density at radius 3 is 1.04 bits per heavy atom. The molecule has 0 aliphatic rings. The maximum Gasteiger partial charge on any atom is -0.00204 e. The third kappa shape index (κ3) is 15.9. The van der Waals surface area contributed by atoms with Gasteiger partial charge in [0.15, 0.2) is 0 Å². The van der Waals surface area contributed by atoms with E-state index in [1.54, 1.807) is 0 Å². The van der Waals surface area contributed by atoms with Gasteiger partial charge in [-0.2, -0.15) is 0 Å². The zero-order chi connectivity index (χ0) is 69.4. The molecular formula is C101H84. The van der Waals surface area contributed by atoms with Gasteiger partial charge in [-0.1, -0.05) is 363 Å². The van der Waals surface area contributed by atoms with Crippen LogP contribution in [0.15, 0.2) is 376 Å². The summed E-state index contributed by atoms with van der Waals surface area (Å²) >= 11 is 0. The molecule has 0 saturated heterocycles. The highest BCUT2D eigenvalue weighted by atomic mass is 14.2. The SMILES string of the molecule is C/C=C\c1ccccc1.Cc1c2ccccc2c(-c2cccc3ccccc23)c2ccccc12.Cc1c2ccccc2cc2ccccc12.Cc1ccc2cc3ccccc3cc2c1.Cc1ccc2ccccc2c1.Cc1cccc2cc3ccccc3cc12.Cc1cccc2ccccc12. The summed E-state index contributed by atoms with van der Waals surface area (Å²) in [4.78, 5) is 0. The number of hydrogen-bond acceptors (Lipinski definition) is 0. The Bertz CT molecular complexity index is 5940. The number of benzene rings is 19.